The van der Waals surface area contributed by atoms with Crippen molar-refractivity contribution in [2.24, 2.45) is 5.92 Å². The van der Waals surface area contributed by atoms with E-state index in [4.69, 9.17) is 26.8 Å². The van der Waals surface area contributed by atoms with Crippen molar-refractivity contribution in [1.29, 1.82) is 0 Å². The van der Waals surface area contributed by atoms with Crippen LogP contribution in [0.5, 0.6) is 11.5 Å². The lowest BCUT2D eigenvalue weighted by atomic mass is 10.1. The summed E-state index contributed by atoms with van der Waals surface area (Å²) in [6.07, 6.45) is 0.998. The second kappa shape index (κ2) is 11.2. The monoisotopic (exact) mass is 461 g/mol. The first-order valence-electron chi connectivity index (χ1n) is 8.82. The molecule has 2 aromatic rings. The van der Waals surface area contributed by atoms with Gasteiger partial charge >= 0.3 is 0 Å². The zero-order valence-electron chi connectivity index (χ0n) is 16.3. The molecule has 1 amide bonds. The van der Waals surface area contributed by atoms with Gasteiger partial charge in [0, 0.05) is 25.7 Å². The zero-order valence-corrected chi connectivity index (χ0v) is 18.7. The minimum Gasteiger partial charge on any atom is -0.496 e. The highest BCUT2D eigenvalue weighted by Crippen LogP contribution is 2.32. The number of nitrogens with two attached hydrogens (primary N) is 1. The molecule has 6 nitrogen and oxygen atoms in total. The van der Waals surface area contributed by atoms with Gasteiger partial charge in [-0.3, -0.25) is 4.79 Å². The molecule has 1 aliphatic heterocycles. The SMILES string of the molecule is COc1cc(N)c(Cl)cc1C(=O)NCC1CCN(c2ccccc2OC)C1.Cl.Cl. The van der Waals surface area contributed by atoms with Crippen molar-refractivity contribution in [2.45, 2.75) is 6.42 Å². The summed E-state index contributed by atoms with van der Waals surface area (Å²) in [6, 6.07) is 11.1. The summed E-state index contributed by atoms with van der Waals surface area (Å²) >= 11 is 6.05. The van der Waals surface area contributed by atoms with E-state index in [1.165, 1.54) is 7.11 Å². The number of anilines is 2. The fourth-order valence-corrected chi connectivity index (χ4v) is 3.52. The maximum atomic E-state index is 12.6. The van der Waals surface area contributed by atoms with Crippen LogP contribution in [0.2, 0.25) is 5.02 Å². The maximum absolute atomic E-state index is 12.6. The molecule has 29 heavy (non-hydrogen) atoms. The Morgan fingerprint density at radius 3 is 2.59 bits per heavy atom. The number of para-hydroxylation sites is 2. The summed E-state index contributed by atoms with van der Waals surface area (Å²) in [5.74, 6) is 1.42. The Labute approximate surface area is 188 Å². The molecule has 1 fully saturated rings. The lowest BCUT2D eigenvalue weighted by Crippen LogP contribution is -2.31. The van der Waals surface area contributed by atoms with Crippen LogP contribution in [0.25, 0.3) is 0 Å². The van der Waals surface area contributed by atoms with Gasteiger partial charge in [0.15, 0.2) is 0 Å². The lowest BCUT2D eigenvalue weighted by Gasteiger charge is -2.21. The van der Waals surface area contributed by atoms with E-state index in [0.29, 0.717) is 34.5 Å². The highest BCUT2D eigenvalue weighted by molar-refractivity contribution is 6.33. The number of methoxy groups -OCH3 is 2. The Bertz CT molecular complexity index is 836. The largest absolute Gasteiger partial charge is 0.496 e. The molecule has 1 saturated heterocycles. The number of nitrogens with zero attached hydrogens (tertiary/aromatic N) is 1. The van der Waals surface area contributed by atoms with Crippen LogP contribution in [0.4, 0.5) is 11.4 Å². The Morgan fingerprint density at radius 1 is 1.21 bits per heavy atom. The molecule has 160 valence electrons. The van der Waals surface area contributed by atoms with Gasteiger partial charge in [0.1, 0.15) is 11.5 Å². The first-order valence-corrected chi connectivity index (χ1v) is 9.20. The third-order valence-corrected chi connectivity index (χ3v) is 5.15. The number of rotatable bonds is 6. The second-order valence-corrected chi connectivity index (χ2v) is 6.96. The topological polar surface area (TPSA) is 76.8 Å². The predicted molar refractivity (Wildman–Crippen MR) is 123 cm³/mol. The number of halogens is 3. The number of carbonyl (C=O) groups excluding carboxylic acids is 1. The third-order valence-electron chi connectivity index (χ3n) is 4.83. The standard InChI is InChI=1S/C20H24ClN3O3.2ClH/c1-26-18-6-4-3-5-17(18)24-8-7-13(12-24)11-23-20(25)14-9-15(21)16(22)10-19(14)27-2;;/h3-6,9-10,13H,7-8,11-12,22H2,1-2H3,(H,23,25);2*1H. The van der Waals surface area contributed by atoms with E-state index < -0.39 is 0 Å². The Balaban J connectivity index is 0.00000210. The molecule has 0 spiro atoms. The molecule has 1 unspecified atom stereocenters. The molecule has 9 heteroatoms. The number of nitrogen functional groups attached to an aromatic ring is 1. The van der Waals surface area contributed by atoms with Crippen LogP contribution in [-0.2, 0) is 0 Å². The van der Waals surface area contributed by atoms with Gasteiger partial charge in [0.2, 0.25) is 0 Å². The van der Waals surface area contributed by atoms with Crippen LogP contribution in [0, 0.1) is 5.92 Å². The summed E-state index contributed by atoms with van der Waals surface area (Å²) < 4.78 is 10.7. The van der Waals surface area contributed by atoms with E-state index >= 15 is 0 Å². The second-order valence-electron chi connectivity index (χ2n) is 6.56. The summed E-state index contributed by atoms with van der Waals surface area (Å²) in [7, 11) is 3.18. The molecule has 0 bridgehead atoms. The van der Waals surface area contributed by atoms with E-state index in [-0.39, 0.29) is 30.7 Å². The number of benzene rings is 2. The summed E-state index contributed by atoms with van der Waals surface area (Å²) in [5.41, 5.74) is 7.63. The zero-order chi connectivity index (χ0) is 19.4. The van der Waals surface area contributed by atoms with Crippen molar-refractivity contribution >= 4 is 53.7 Å². The number of nitrogens with one attached hydrogen (secondary N) is 1. The fraction of sp³-hybridized carbons (Fsp3) is 0.350. The Kier molecular flexibility index (Phi) is 9.70. The van der Waals surface area contributed by atoms with Crippen LogP contribution in [0.1, 0.15) is 16.8 Å². The third kappa shape index (κ3) is 5.75. The van der Waals surface area contributed by atoms with Gasteiger partial charge in [-0.15, -0.1) is 24.8 Å². The quantitative estimate of drug-likeness (QED) is 0.634. The Hall–Kier alpha value is -2.02. The van der Waals surface area contributed by atoms with Crippen molar-refractivity contribution in [3.8, 4) is 11.5 Å². The molecule has 1 heterocycles. The highest BCUT2D eigenvalue weighted by Gasteiger charge is 2.25. The number of carbonyl (C=O) groups is 1. The van der Waals surface area contributed by atoms with E-state index in [1.54, 1.807) is 19.2 Å². The van der Waals surface area contributed by atoms with E-state index in [2.05, 4.69) is 16.3 Å². The first-order chi connectivity index (χ1) is 13.0. The van der Waals surface area contributed by atoms with Gasteiger partial charge in [-0.2, -0.15) is 0 Å². The molecule has 0 saturated carbocycles. The number of hydrogen-bond donors (Lipinski definition) is 2. The number of amides is 1. The van der Waals surface area contributed by atoms with E-state index in [1.807, 2.05) is 18.2 Å². The molecular formula is C20H26Cl3N3O3. The Morgan fingerprint density at radius 2 is 1.90 bits per heavy atom. The average molecular weight is 463 g/mol. The predicted octanol–water partition coefficient (Wildman–Crippen LogP) is 4.04. The molecule has 1 aliphatic rings. The molecule has 0 radical (unpaired) electrons. The van der Waals surface area contributed by atoms with Crippen LogP contribution >= 0.6 is 36.4 Å². The summed E-state index contributed by atoms with van der Waals surface area (Å²) in [4.78, 5) is 14.9. The molecular weight excluding hydrogens is 437 g/mol. The van der Waals surface area contributed by atoms with Crippen molar-refractivity contribution in [3.05, 3.63) is 47.0 Å². The number of ether oxygens (including phenoxy) is 2. The minimum atomic E-state index is -0.218. The molecule has 1 atom stereocenters. The smallest absolute Gasteiger partial charge is 0.255 e. The van der Waals surface area contributed by atoms with E-state index in [9.17, 15) is 4.79 Å². The highest BCUT2D eigenvalue weighted by atomic mass is 35.5. The van der Waals surface area contributed by atoms with Gasteiger partial charge in [-0.05, 0) is 30.5 Å². The van der Waals surface area contributed by atoms with Crippen LogP contribution in [-0.4, -0.2) is 39.8 Å². The normalized spacial score (nSPS) is 15.1. The van der Waals surface area contributed by atoms with Gasteiger partial charge in [0.25, 0.3) is 5.91 Å². The summed E-state index contributed by atoms with van der Waals surface area (Å²) in [6.45, 7) is 2.37. The average Bonchev–Trinajstić information content (AvgIpc) is 3.16. The van der Waals surface area contributed by atoms with Crippen molar-refractivity contribution in [1.82, 2.24) is 5.32 Å². The molecule has 3 N–H and O–H groups in total. The molecule has 0 aromatic heterocycles. The minimum absolute atomic E-state index is 0. The molecule has 3 rings (SSSR count). The van der Waals surface area contributed by atoms with E-state index in [0.717, 1.165) is 30.9 Å². The van der Waals surface area contributed by atoms with Gasteiger partial charge in [-0.25, -0.2) is 0 Å². The van der Waals surface area contributed by atoms with Crippen molar-refractivity contribution in [3.63, 3.8) is 0 Å². The maximum Gasteiger partial charge on any atom is 0.255 e. The van der Waals surface area contributed by atoms with Crippen LogP contribution in [0.3, 0.4) is 0 Å². The van der Waals surface area contributed by atoms with Gasteiger partial charge in [-0.1, -0.05) is 23.7 Å². The molecule has 2 aromatic carbocycles. The first kappa shape index (κ1) is 25.0. The van der Waals surface area contributed by atoms with Crippen molar-refractivity contribution < 1.29 is 14.3 Å². The number of hydrogen-bond acceptors (Lipinski definition) is 5. The van der Waals surface area contributed by atoms with Gasteiger partial charge < -0.3 is 25.4 Å². The van der Waals surface area contributed by atoms with Crippen molar-refractivity contribution in [2.75, 3.05) is 44.5 Å². The van der Waals surface area contributed by atoms with Crippen LogP contribution < -0.4 is 25.4 Å². The lowest BCUT2D eigenvalue weighted by molar-refractivity contribution is 0.0945. The summed E-state index contributed by atoms with van der Waals surface area (Å²) in [5, 5.41) is 3.32. The molecule has 0 aliphatic carbocycles. The van der Waals surface area contributed by atoms with Gasteiger partial charge in [0.05, 0.1) is 36.2 Å². The van der Waals surface area contributed by atoms with Crippen LogP contribution in [0.15, 0.2) is 36.4 Å². The fourth-order valence-electron chi connectivity index (χ4n) is 3.36.